The molecule has 5 heteroatoms. The smallest absolute Gasteiger partial charge is 0.224 e. The predicted molar refractivity (Wildman–Crippen MR) is 73.1 cm³/mol. The standard InChI is InChI=1S/C13H19ClN4/c14-13-15-6-4-12(16-13)18-9-5-11(10-18)17-7-2-1-3-8-17/h4,6,11H,1-3,5,7-10H2. The summed E-state index contributed by atoms with van der Waals surface area (Å²) < 4.78 is 0. The van der Waals surface area contributed by atoms with Crippen LogP contribution in [0.3, 0.4) is 0 Å². The van der Waals surface area contributed by atoms with E-state index in [9.17, 15) is 0 Å². The highest BCUT2D eigenvalue weighted by Gasteiger charge is 2.29. The number of hydrogen-bond acceptors (Lipinski definition) is 4. The van der Waals surface area contributed by atoms with E-state index in [4.69, 9.17) is 11.6 Å². The van der Waals surface area contributed by atoms with Gasteiger partial charge in [0, 0.05) is 25.3 Å². The van der Waals surface area contributed by atoms with Gasteiger partial charge in [0.05, 0.1) is 0 Å². The topological polar surface area (TPSA) is 32.3 Å². The van der Waals surface area contributed by atoms with E-state index in [1.807, 2.05) is 6.07 Å². The Balaban J connectivity index is 1.64. The second-order valence-corrected chi connectivity index (χ2v) is 5.51. The van der Waals surface area contributed by atoms with Crippen molar-refractivity contribution in [3.63, 3.8) is 0 Å². The van der Waals surface area contributed by atoms with Crippen LogP contribution in [0.1, 0.15) is 25.7 Å². The van der Waals surface area contributed by atoms with Crippen LogP contribution in [0.4, 0.5) is 5.82 Å². The molecule has 3 rings (SSSR count). The molecule has 1 aromatic rings. The Morgan fingerprint density at radius 1 is 1.17 bits per heavy atom. The molecule has 1 unspecified atom stereocenters. The lowest BCUT2D eigenvalue weighted by Gasteiger charge is -2.32. The summed E-state index contributed by atoms with van der Waals surface area (Å²) in [6, 6.07) is 2.64. The van der Waals surface area contributed by atoms with E-state index in [2.05, 4.69) is 19.8 Å². The molecule has 3 heterocycles. The number of halogens is 1. The molecule has 2 saturated heterocycles. The fourth-order valence-electron chi connectivity index (χ4n) is 3.03. The quantitative estimate of drug-likeness (QED) is 0.769. The van der Waals surface area contributed by atoms with Crippen molar-refractivity contribution < 1.29 is 0 Å². The Kier molecular flexibility index (Phi) is 3.66. The van der Waals surface area contributed by atoms with E-state index >= 15 is 0 Å². The lowest BCUT2D eigenvalue weighted by molar-refractivity contribution is 0.175. The maximum Gasteiger partial charge on any atom is 0.224 e. The first-order valence-electron chi connectivity index (χ1n) is 6.80. The zero-order valence-corrected chi connectivity index (χ0v) is 11.3. The van der Waals surface area contributed by atoms with E-state index in [1.165, 1.54) is 38.8 Å². The van der Waals surface area contributed by atoms with E-state index in [0.717, 1.165) is 18.9 Å². The zero-order chi connectivity index (χ0) is 12.4. The summed E-state index contributed by atoms with van der Waals surface area (Å²) in [5.41, 5.74) is 0. The predicted octanol–water partition coefficient (Wildman–Crippen LogP) is 2.19. The summed E-state index contributed by atoms with van der Waals surface area (Å²) in [6.07, 6.45) is 7.08. The number of anilines is 1. The molecule has 0 radical (unpaired) electrons. The van der Waals surface area contributed by atoms with Crippen molar-refractivity contribution in [2.45, 2.75) is 31.7 Å². The average molecular weight is 267 g/mol. The lowest BCUT2D eigenvalue weighted by Crippen LogP contribution is -2.40. The Morgan fingerprint density at radius 2 is 2.00 bits per heavy atom. The van der Waals surface area contributed by atoms with Crippen LogP contribution in [0.2, 0.25) is 5.28 Å². The van der Waals surface area contributed by atoms with Crippen LogP contribution >= 0.6 is 11.6 Å². The minimum Gasteiger partial charge on any atom is -0.355 e. The fourth-order valence-corrected chi connectivity index (χ4v) is 3.18. The highest BCUT2D eigenvalue weighted by molar-refractivity contribution is 6.28. The van der Waals surface area contributed by atoms with Crippen molar-refractivity contribution >= 4 is 17.4 Å². The molecule has 0 aromatic carbocycles. The Morgan fingerprint density at radius 3 is 2.78 bits per heavy atom. The Bertz CT molecular complexity index is 406. The van der Waals surface area contributed by atoms with Crippen LogP contribution in [-0.2, 0) is 0 Å². The number of hydrogen-bond donors (Lipinski definition) is 0. The van der Waals surface area contributed by atoms with Crippen molar-refractivity contribution in [1.82, 2.24) is 14.9 Å². The molecule has 18 heavy (non-hydrogen) atoms. The van der Waals surface area contributed by atoms with Gasteiger partial charge in [-0.3, -0.25) is 4.90 Å². The van der Waals surface area contributed by atoms with Crippen LogP contribution in [0.5, 0.6) is 0 Å². The number of piperidine rings is 1. The molecule has 0 aliphatic carbocycles. The average Bonchev–Trinajstić information content (AvgIpc) is 2.89. The molecule has 0 saturated carbocycles. The van der Waals surface area contributed by atoms with E-state index in [0.29, 0.717) is 11.3 Å². The Labute approximate surface area is 113 Å². The van der Waals surface area contributed by atoms with E-state index in [1.54, 1.807) is 6.20 Å². The van der Waals surface area contributed by atoms with Gasteiger partial charge in [-0.05, 0) is 50.0 Å². The molecular weight excluding hydrogens is 248 g/mol. The van der Waals surface area contributed by atoms with Crippen LogP contribution in [-0.4, -0.2) is 47.1 Å². The van der Waals surface area contributed by atoms with Gasteiger partial charge in [0.25, 0.3) is 0 Å². The number of aromatic nitrogens is 2. The van der Waals surface area contributed by atoms with Gasteiger partial charge in [0.2, 0.25) is 5.28 Å². The molecule has 2 fully saturated rings. The maximum atomic E-state index is 5.85. The fraction of sp³-hybridized carbons (Fsp3) is 0.692. The second-order valence-electron chi connectivity index (χ2n) is 5.17. The summed E-state index contributed by atoms with van der Waals surface area (Å²) in [5, 5.41) is 0.342. The molecule has 4 nitrogen and oxygen atoms in total. The van der Waals surface area contributed by atoms with Crippen molar-refractivity contribution in [1.29, 1.82) is 0 Å². The van der Waals surface area contributed by atoms with Gasteiger partial charge >= 0.3 is 0 Å². The first-order chi connectivity index (χ1) is 8.83. The van der Waals surface area contributed by atoms with Crippen LogP contribution in [0.25, 0.3) is 0 Å². The van der Waals surface area contributed by atoms with Crippen LogP contribution in [0, 0.1) is 0 Å². The van der Waals surface area contributed by atoms with Gasteiger partial charge in [-0.15, -0.1) is 0 Å². The lowest BCUT2D eigenvalue weighted by atomic mass is 10.1. The third-order valence-corrected chi connectivity index (χ3v) is 4.19. The molecule has 0 N–H and O–H groups in total. The number of nitrogens with zero attached hydrogens (tertiary/aromatic N) is 4. The minimum atomic E-state index is 0.342. The summed E-state index contributed by atoms with van der Waals surface area (Å²) in [4.78, 5) is 13.2. The van der Waals surface area contributed by atoms with Gasteiger partial charge in [-0.25, -0.2) is 9.97 Å². The molecule has 2 aliphatic heterocycles. The summed E-state index contributed by atoms with van der Waals surface area (Å²) in [5.74, 6) is 0.967. The monoisotopic (exact) mass is 266 g/mol. The number of likely N-dealkylation sites (tertiary alicyclic amines) is 1. The van der Waals surface area contributed by atoms with Gasteiger partial charge in [0.15, 0.2) is 0 Å². The van der Waals surface area contributed by atoms with Crippen molar-refractivity contribution in [3.8, 4) is 0 Å². The summed E-state index contributed by atoms with van der Waals surface area (Å²) >= 11 is 5.85. The highest BCUT2D eigenvalue weighted by atomic mass is 35.5. The SMILES string of the molecule is Clc1nccc(N2CCC(N3CCCCC3)C2)n1. The van der Waals surface area contributed by atoms with E-state index < -0.39 is 0 Å². The van der Waals surface area contributed by atoms with Gasteiger partial charge in [-0.2, -0.15) is 0 Å². The normalized spacial score (nSPS) is 25.6. The minimum absolute atomic E-state index is 0.342. The first-order valence-corrected chi connectivity index (χ1v) is 7.18. The summed E-state index contributed by atoms with van der Waals surface area (Å²) in [6.45, 7) is 4.69. The number of rotatable bonds is 2. The third-order valence-electron chi connectivity index (χ3n) is 4.01. The molecular formula is C13H19ClN4. The largest absolute Gasteiger partial charge is 0.355 e. The molecule has 2 aliphatic rings. The van der Waals surface area contributed by atoms with Crippen LogP contribution in [0.15, 0.2) is 12.3 Å². The third kappa shape index (κ3) is 2.59. The van der Waals surface area contributed by atoms with Gasteiger partial charge < -0.3 is 4.90 Å². The van der Waals surface area contributed by atoms with Crippen LogP contribution < -0.4 is 4.90 Å². The molecule has 98 valence electrons. The van der Waals surface area contributed by atoms with E-state index in [-0.39, 0.29) is 0 Å². The second kappa shape index (κ2) is 5.41. The maximum absolute atomic E-state index is 5.85. The van der Waals surface area contributed by atoms with Crippen molar-refractivity contribution in [3.05, 3.63) is 17.5 Å². The zero-order valence-electron chi connectivity index (χ0n) is 10.6. The molecule has 0 bridgehead atoms. The molecule has 0 amide bonds. The molecule has 1 aromatic heterocycles. The Hall–Kier alpha value is -0.870. The van der Waals surface area contributed by atoms with Gasteiger partial charge in [-0.1, -0.05) is 6.42 Å². The highest BCUT2D eigenvalue weighted by Crippen LogP contribution is 2.24. The van der Waals surface area contributed by atoms with Gasteiger partial charge in [0.1, 0.15) is 5.82 Å². The molecule has 0 spiro atoms. The van der Waals surface area contributed by atoms with Crippen molar-refractivity contribution in [2.75, 3.05) is 31.1 Å². The molecule has 1 atom stereocenters. The first kappa shape index (κ1) is 12.2. The van der Waals surface area contributed by atoms with Crippen molar-refractivity contribution in [2.24, 2.45) is 0 Å². The summed E-state index contributed by atoms with van der Waals surface area (Å²) in [7, 11) is 0.